The summed E-state index contributed by atoms with van der Waals surface area (Å²) in [7, 11) is 0. The molecule has 0 radical (unpaired) electrons. The molecule has 1 atom stereocenters. The minimum atomic E-state index is -0.567. The molecule has 1 fully saturated rings. The van der Waals surface area contributed by atoms with Crippen LogP contribution in [0.25, 0.3) is 0 Å². The van der Waals surface area contributed by atoms with E-state index < -0.39 is 12.0 Å². The molecule has 0 aromatic heterocycles. The topological polar surface area (TPSA) is 65.1 Å². The lowest BCUT2D eigenvalue weighted by atomic mass is 9.94. The van der Waals surface area contributed by atoms with Crippen LogP contribution in [0.3, 0.4) is 0 Å². The van der Waals surface area contributed by atoms with Gasteiger partial charge in [0.15, 0.2) is 0 Å². The van der Waals surface area contributed by atoms with Gasteiger partial charge < -0.3 is 10.1 Å². The molecule has 2 aromatic carbocycles. The molecular weight excluding hydrogens is 447 g/mol. The third-order valence-corrected chi connectivity index (χ3v) is 6.57. The van der Waals surface area contributed by atoms with Crippen LogP contribution >= 0.6 is 0 Å². The van der Waals surface area contributed by atoms with E-state index in [2.05, 4.69) is 15.1 Å². The number of piperazine rings is 1. The first kappa shape index (κ1) is 24.9. The van der Waals surface area contributed by atoms with Gasteiger partial charge in [0.25, 0.3) is 0 Å². The molecule has 1 N–H and O–H groups in total. The van der Waals surface area contributed by atoms with E-state index in [1.165, 1.54) is 6.07 Å². The average Bonchev–Trinajstić information content (AvgIpc) is 2.87. The van der Waals surface area contributed by atoms with Crippen molar-refractivity contribution in [2.45, 2.75) is 26.4 Å². The van der Waals surface area contributed by atoms with Crippen molar-refractivity contribution in [3.8, 4) is 0 Å². The van der Waals surface area contributed by atoms with Crippen molar-refractivity contribution in [2.24, 2.45) is 0 Å². The van der Waals surface area contributed by atoms with Crippen molar-refractivity contribution in [2.75, 3.05) is 45.9 Å². The number of carbonyl (C=O) groups excluding carboxylic acids is 2. The fourth-order valence-corrected chi connectivity index (χ4v) is 4.74. The van der Waals surface area contributed by atoms with Gasteiger partial charge in [-0.2, -0.15) is 0 Å². The Hall–Kier alpha value is -3.23. The van der Waals surface area contributed by atoms with Crippen LogP contribution in [-0.2, 0) is 16.1 Å². The van der Waals surface area contributed by atoms with Crippen LogP contribution < -0.4 is 5.32 Å². The Kier molecular flexibility index (Phi) is 8.15. The zero-order chi connectivity index (χ0) is 24.8. The maximum Gasteiger partial charge on any atom is 0.338 e. The smallest absolute Gasteiger partial charge is 0.338 e. The lowest BCUT2D eigenvalue weighted by Crippen LogP contribution is -2.53. The van der Waals surface area contributed by atoms with E-state index in [-0.39, 0.29) is 18.5 Å². The monoisotopic (exact) mass is 480 g/mol. The van der Waals surface area contributed by atoms with Crippen molar-refractivity contribution >= 4 is 12.0 Å². The number of hydrogen-bond acceptors (Lipinski definition) is 5. The van der Waals surface area contributed by atoms with Crippen molar-refractivity contribution in [1.82, 2.24) is 20.0 Å². The lowest BCUT2D eigenvalue weighted by Gasteiger charge is -2.40. The van der Waals surface area contributed by atoms with Gasteiger partial charge in [-0.05, 0) is 25.5 Å². The third-order valence-electron chi connectivity index (χ3n) is 6.57. The van der Waals surface area contributed by atoms with Crippen molar-refractivity contribution in [3.63, 3.8) is 0 Å². The Morgan fingerprint density at radius 1 is 0.971 bits per heavy atom. The van der Waals surface area contributed by atoms with Crippen molar-refractivity contribution < 1.29 is 18.7 Å². The summed E-state index contributed by atoms with van der Waals surface area (Å²) in [6.07, 6.45) is 0. The molecule has 1 saturated heterocycles. The molecular formula is C27H33FN4O3. The number of likely N-dealkylation sites (N-methyl/N-ethyl adjacent to an activating group) is 1. The highest BCUT2D eigenvalue weighted by Crippen LogP contribution is 2.32. The quantitative estimate of drug-likeness (QED) is 0.586. The Morgan fingerprint density at radius 3 is 2.23 bits per heavy atom. The summed E-state index contributed by atoms with van der Waals surface area (Å²) in [5.41, 5.74) is 2.70. The van der Waals surface area contributed by atoms with E-state index in [1.807, 2.05) is 49.4 Å². The van der Waals surface area contributed by atoms with Gasteiger partial charge >= 0.3 is 12.0 Å². The number of amides is 2. The summed E-state index contributed by atoms with van der Waals surface area (Å²) in [5.74, 6) is -0.592. The predicted octanol–water partition coefficient (Wildman–Crippen LogP) is 3.55. The van der Waals surface area contributed by atoms with Crippen LogP contribution in [0.2, 0.25) is 0 Å². The highest BCUT2D eigenvalue weighted by molar-refractivity contribution is 5.95. The number of nitrogens with one attached hydrogen (secondary N) is 1. The Bertz CT molecular complexity index is 1070. The fourth-order valence-electron chi connectivity index (χ4n) is 4.74. The number of carbonyl (C=O) groups is 2. The minimum absolute atomic E-state index is 0.182. The summed E-state index contributed by atoms with van der Waals surface area (Å²) in [6, 6.07) is 15.6. The summed E-state index contributed by atoms with van der Waals surface area (Å²) >= 11 is 0. The van der Waals surface area contributed by atoms with Gasteiger partial charge in [0, 0.05) is 57.1 Å². The Labute approximate surface area is 206 Å². The summed E-state index contributed by atoms with van der Waals surface area (Å²) < 4.78 is 19.5. The molecule has 0 unspecified atom stereocenters. The second-order valence-electron chi connectivity index (χ2n) is 8.76. The number of rotatable bonds is 8. The van der Waals surface area contributed by atoms with Crippen LogP contribution in [-0.4, -0.2) is 72.6 Å². The first-order valence-corrected chi connectivity index (χ1v) is 12.2. The third kappa shape index (κ3) is 5.71. The maximum atomic E-state index is 14.1. The molecule has 35 heavy (non-hydrogen) atoms. The Balaban J connectivity index is 1.56. The SMILES string of the molecule is CCOC(=O)C1=C(CN2CCN(Cc3ccccc3F)CC2)N(CC)C(=O)N[C@@H]1c1ccccc1. The molecule has 0 bridgehead atoms. The van der Waals surface area contributed by atoms with Gasteiger partial charge in [-0.3, -0.25) is 14.7 Å². The predicted molar refractivity (Wildman–Crippen MR) is 132 cm³/mol. The van der Waals surface area contributed by atoms with Crippen LogP contribution in [0.4, 0.5) is 9.18 Å². The number of benzene rings is 2. The molecule has 2 amide bonds. The van der Waals surface area contributed by atoms with Crippen molar-refractivity contribution in [3.05, 3.63) is 82.8 Å². The first-order valence-electron chi connectivity index (χ1n) is 12.2. The molecule has 2 aliphatic rings. The van der Waals surface area contributed by atoms with E-state index in [0.29, 0.717) is 36.5 Å². The van der Waals surface area contributed by atoms with Gasteiger partial charge in [-0.25, -0.2) is 14.0 Å². The molecule has 2 heterocycles. The zero-order valence-corrected chi connectivity index (χ0v) is 20.4. The normalized spacial score (nSPS) is 19.6. The number of esters is 1. The molecule has 0 aliphatic carbocycles. The van der Waals surface area contributed by atoms with Crippen LogP contribution in [0.5, 0.6) is 0 Å². The fraction of sp³-hybridized carbons (Fsp3) is 0.407. The second kappa shape index (κ2) is 11.5. The molecule has 0 saturated carbocycles. The summed E-state index contributed by atoms with van der Waals surface area (Å²) in [4.78, 5) is 32.3. The van der Waals surface area contributed by atoms with E-state index >= 15 is 0 Å². The van der Waals surface area contributed by atoms with Crippen LogP contribution in [0, 0.1) is 5.82 Å². The van der Waals surface area contributed by atoms with Gasteiger partial charge in [0.2, 0.25) is 0 Å². The number of ether oxygens (including phenoxy) is 1. The highest BCUT2D eigenvalue weighted by atomic mass is 19.1. The molecule has 186 valence electrons. The molecule has 2 aliphatic heterocycles. The van der Waals surface area contributed by atoms with Gasteiger partial charge in [-0.1, -0.05) is 48.5 Å². The highest BCUT2D eigenvalue weighted by Gasteiger charge is 2.38. The Morgan fingerprint density at radius 2 is 1.60 bits per heavy atom. The summed E-state index contributed by atoms with van der Waals surface area (Å²) in [6.45, 7) is 8.47. The zero-order valence-electron chi connectivity index (χ0n) is 20.4. The second-order valence-corrected chi connectivity index (χ2v) is 8.76. The first-order chi connectivity index (χ1) is 17.0. The minimum Gasteiger partial charge on any atom is -0.463 e. The standard InChI is InChI=1S/C27H33FN4O3/c1-3-32-23(19-31-16-14-30(15-17-31)18-21-12-8-9-13-22(21)28)24(26(33)35-4-2)25(29-27(32)34)20-10-6-5-7-11-20/h5-13,25H,3-4,14-19H2,1-2H3,(H,29,34)/t25-/m1/s1. The number of hydrogen-bond donors (Lipinski definition) is 1. The van der Waals surface area contributed by atoms with E-state index in [4.69, 9.17) is 4.74 Å². The molecule has 7 nitrogen and oxygen atoms in total. The van der Waals surface area contributed by atoms with E-state index in [1.54, 1.807) is 17.9 Å². The number of urea groups is 1. The lowest BCUT2D eigenvalue weighted by molar-refractivity contribution is -0.139. The van der Waals surface area contributed by atoms with E-state index in [9.17, 15) is 14.0 Å². The number of nitrogens with zero attached hydrogens (tertiary/aromatic N) is 3. The average molecular weight is 481 g/mol. The molecule has 0 spiro atoms. The molecule has 8 heteroatoms. The van der Waals surface area contributed by atoms with Gasteiger partial charge in [-0.15, -0.1) is 0 Å². The van der Waals surface area contributed by atoms with Crippen LogP contribution in [0.1, 0.15) is 31.0 Å². The van der Waals surface area contributed by atoms with Crippen LogP contribution in [0.15, 0.2) is 65.9 Å². The largest absolute Gasteiger partial charge is 0.463 e. The maximum absolute atomic E-state index is 14.1. The van der Waals surface area contributed by atoms with Gasteiger partial charge in [0.1, 0.15) is 5.82 Å². The van der Waals surface area contributed by atoms with Gasteiger partial charge in [0.05, 0.1) is 18.2 Å². The molecule has 4 rings (SSSR count). The van der Waals surface area contributed by atoms with Crippen molar-refractivity contribution in [1.29, 1.82) is 0 Å². The molecule has 2 aromatic rings. The number of halogens is 1. The van der Waals surface area contributed by atoms with E-state index in [0.717, 1.165) is 31.7 Å². The summed E-state index contributed by atoms with van der Waals surface area (Å²) in [5, 5.41) is 3.00.